The molecule has 0 aliphatic carbocycles. The number of thioether (sulfide) groups is 1. The van der Waals surface area contributed by atoms with Gasteiger partial charge in [0.25, 0.3) is 0 Å². The van der Waals surface area contributed by atoms with Crippen molar-refractivity contribution in [1.82, 2.24) is 4.90 Å². The summed E-state index contributed by atoms with van der Waals surface area (Å²) in [5.41, 5.74) is 2.28. The van der Waals surface area contributed by atoms with Crippen molar-refractivity contribution in [3.63, 3.8) is 0 Å². The zero-order valence-corrected chi connectivity index (χ0v) is 14.9. The van der Waals surface area contributed by atoms with Crippen LogP contribution >= 0.6 is 11.8 Å². The third-order valence-electron chi connectivity index (χ3n) is 3.73. The highest BCUT2D eigenvalue weighted by atomic mass is 32.2. The lowest BCUT2D eigenvalue weighted by Crippen LogP contribution is -2.36. The van der Waals surface area contributed by atoms with Gasteiger partial charge in [-0.25, -0.2) is 9.79 Å². The van der Waals surface area contributed by atoms with E-state index in [2.05, 4.69) is 4.99 Å². The van der Waals surface area contributed by atoms with Crippen molar-refractivity contribution in [3.8, 4) is 5.75 Å². The van der Waals surface area contributed by atoms with Crippen LogP contribution in [0.25, 0.3) is 0 Å². The number of carbonyl (C=O) groups excluding carboxylic acids is 1. The largest absolute Gasteiger partial charge is 0.497 e. The van der Waals surface area contributed by atoms with Crippen molar-refractivity contribution >= 4 is 22.9 Å². The van der Waals surface area contributed by atoms with Gasteiger partial charge in [0.15, 0.2) is 5.17 Å². The predicted octanol–water partition coefficient (Wildman–Crippen LogP) is 3.24. The summed E-state index contributed by atoms with van der Waals surface area (Å²) in [6.07, 6.45) is 1.98. The van der Waals surface area contributed by atoms with Gasteiger partial charge in [-0.3, -0.25) is 0 Å². The third kappa shape index (κ3) is 3.52. The van der Waals surface area contributed by atoms with Crippen LogP contribution in [0.3, 0.4) is 0 Å². The van der Waals surface area contributed by atoms with E-state index in [1.54, 1.807) is 25.8 Å². The van der Waals surface area contributed by atoms with Crippen molar-refractivity contribution < 1.29 is 14.3 Å². The molecule has 1 heterocycles. The molecule has 0 fully saturated rings. The standard InChI is InChI=1S/C17H22N2O3S/c1-6-22-16(20)14-11(2)18-17(23-5)19(3)15(14)12-7-9-13(21-4)10-8-12/h7-10,15H,6H2,1-5H3/t15-/m1/s1. The number of aliphatic imine (C=N–C) groups is 1. The van der Waals surface area contributed by atoms with Crippen LogP contribution in [0.2, 0.25) is 0 Å². The van der Waals surface area contributed by atoms with Gasteiger partial charge in [-0.2, -0.15) is 0 Å². The number of hydrogen-bond donors (Lipinski definition) is 0. The van der Waals surface area contributed by atoms with Gasteiger partial charge in [0.2, 0.25) is 0 Å². The van der Waals surface area contributed by atoms with E-state index in [4.69, 9.17) is 9.47 Å². The second kappa shape index (κ2) is 7.55. The summed E-state index contributed by atoms with van der Waals surface area (Å²) in [7, 11) is 3.57. The highest BCUT2D eigenvalue weighted by molar-refractivity contribution is 8.13. The fraction of sp³-hybridized carbons (Fsp3) is 0.412. The molecule has 0 N–H and O–H groups in total. The lowest BCUT2D eigenvalue weighted by Gasteiger charge is -2.35. The Balaban J connectivity index is 2.50. The number of esters is 1. The number of amidine groups is 1. The Kier molecular flexibility index (Phi) is 5.71. The Bertz CT molecular complexity index is 638. The molecule has 2 rings (SSSR count). The van der Waals surface area contributed by atoms with Gasteiger partial charge in [-0.15, -0.1) is 0 Å². The van der Waals surface area contributed by atoms with Crippen molar-refractivity contribution in [1.29, 1.82) is 0 Å². The molecule has 124 valence electrons. The normalized spacial score (nSPS) is 17.9. The van der Waals surface area contributed by atoms with E-state index in [0.29, 0.717) is 17.9 Å². The number of nitrogens with zero attached hydrogens (tertiary/aromatic N) is 2. The minimum atomic E-state index is -0.318. The fourth-order valence-electron chi connectivity index (χ4n) is 2.62. The van der Waals surface area contributed by atoms with Gasteiger partial charge >= 0.3 is 5.97 Å². The van der Waals surface area contributed by atoms with Crippen molar-refractivity contribution in [2.24, 2.45) is 4.99 Å². The maximum absolute atomic E-state index is 12.4. The molecule has 0 radical (unpaired) electrons. The van der Waals surface area contributed by atoms with E-state index < -0.39 is 0 Å². The number of hydrogen-bond acceptors (Lipinski definition) is 6. The molecule has 0 spiro atoms. The number of carbonyl (C=O) groups is 1. The Hall–Kier alpha value is -1.95. The Morgan fingerprint density at radius 1 is 1.35 bits per heavy atom. The average Bonchev–Trinajstić information content (AvgIpc) is 2.56. The summed E-state index contributed by atoms with van der Waals surface area (Å²) in [6, 6.07) is 7.50. The van der Waals surface area contributed by atoms with Crippen molar-refractivity contribution in [2.75, 3.05) is 27.0 Å². The zero-order chi connectivity index (χ0) is 17.0. The van der Waals surface area contributed by atoms with Crippen LogP contribution in [0.15, 0.2) is 40.5 Å². The smallest absolute Gasteiger partial charge is 0.338 e. The maximum Gasteiger partial charge on any atom is 0.338 e. The summed E-state index contributed by atoms with van der Waals surface area (Å²) in [4.78, 5) is 19.0. The number of methoxy groups -OCH3 is 1. The monoisotopic (exact) mass is 334 g/mol. The first-order valence-corrected chi connectivity index (χ1v) is 8.63. The molecule has 0 bridgehead atoms. The third-order valence-corrected chi connectivity index (χ3v) is 4.47. The van der Waals surface area contributed by atoms with E-state index >= 15 is 0 Å². The molecule has 1 aromatic carbocycles. The molecule has 1 atom stereocenters. The molecule has 5 nitrogen and oxygen atoms in total. The number of likely N-dealkylation sites (N-methyl/N-ethyl adjacent to an activating group) is 1. The van der Waals surface area contributed by atoms with Crippen molar-refractivity contribution in [3.05, 3.63) is 41.1 Å². The van der Waals surface area contributed by atoms with Crippen LogP contribution in [0.5, 0.6) is 5.75 Å². The van der Waals surface area contributed by atoms with E-state index in [-0.39, 0.29) is 12.0 Å². The second-order valence-corrected chi connectivity index (χ2v) is 5.88. The van der Waals surface area contributed by atoms with Gasteiger partial charge in [-0.1, -0.05) is 23.9 Å². The number of benzene rings is 1. The van der Waals surface area contributed by atoms with E-state index in [1.807, 2.05) is 49.4 Å². The van der Waals surface area contributed by atoms with Gasteiger partial charge in [0, 0.05) is 7.05 Å². The summed E-state index contributed by atoms with van der Waals surface area (Å²) in [6.45, 7) is 4.00. The molecule has 6 heteroatoms. The molecular formula is C17H22N2O3S. The van der Waals surface area contributed by atoms with Gasteiger partial charge < -0.3 is 14.4 Å². The van der Waals surface area contributed by atoms with E-state index in [1.165, 1.54) is 0 Å². The average molecular weight is 334 g/mol. The highest BCUT2D eigenvalue weighted by Crippen LogP contribution is 2.36. The lowest BCUT2D eigenvalue weighted by molar-refractivity contribution is -0.139. The lowest BCUT2D eigenvalue weighted by atomic mass is 9.95. The molecule has 0 amide bonds. The molecule has 23 heavy (non-hydrogen) atoms. The first kappa shape index (κ1) is 17.4. The van der Waals surface area contributed by atoms with Crippen LogP contribution in [0, 0.1) is 0 Å². The predicted molar refractivity (Wildman–Crippen MR) is 93.8 cm³/mol. The fourth-order valence-corrected chi connectivity index (χ4v) is 3.24. The highest BCUT2D eigenvalue weighted by Gasteiger charge is 2.34. The molecule has 1 aliphatic rings. The number of ether oxygens (including phenoxy) is 2. The van der Waals surface area contributed by atoms with Crippen LogP contribution in [0.1, 0.15) is 25.5 Å². The molecule has 1 aromatic rings. The first-order valence-electron chi connectivity index (χ1n) is 7.40. The van der Waals surface area contributed by atoms with Crippen LogP contribution in [-0.4, -0.2) is 43.1 Å². The van der Waals surface area contributed by atoms with Gasteiger partial charge in [0.05, 0.1) is 31.0 Å². The summed E-state index contributed by atoms with van der Waals surface area (Å²) in [5, 5.41) is 0.872. The summed E-state index contributed by atoms with van der Waals surface area (Å²) < 4.78 is 10.5. The Morgan fingerprint density at radius 2 is 2.00 bits per heavy atom. The topological polar surface area (TPSA) is 51.1 Å². The zero-order valence-electron chi connectivity index (χ0n) is 14.1. The van der Waals surface area contributed by atoms with Crippen molar-refractivity contribution in [2.45, 2.75) is 19.9 Å². The summed E-state index contributed by atoms with van der Waals surface area (Å²) >= 11 is 1.56. The van der Waals surface area contributed by atoms with Crippen LogP contribution < -0.4 is 4.74 Å². The van der Waals surface area contributed by atoms with Gasteiger partial charge in [0.1, 0.15) is 5.75 Å². The van der Waals surface area contributed by atoms with E-state index in [0.717, 1.165) is 16.5 Å². The molecular weight excluding hydrogens is 312 g/mol. The van der Waals surface area contributed by atoms with Gasteiger partial charge in [-0.05, 0) is 37.8 Å². The molecule has 1 aliphatic heterocycles. The SMILES string of the molecule is CCOC(=O)C1=C(C)N=C(SC)N(C)[C@@H]1c1ccc(OC)cc1. The first-order chi connectivity index (χ1) is 11.0. The van der Waals surface area contributed by atoms with Crippen LogP contribution in [-0.2, 0) is 9.53 Å². The quantitative estimate of drug-likeness (QED) is 0.791. The molecule has 0 aromatic heterocycles. The van der Waals surface area contributed by atoms with Crippen LogP contribution in [0.4, 0.5) is 0 Å². The molecule has 0 saturated heterocycles. The number of rotatable bonds is 4. The second-order valence-electron chi connectivity index (χ2n) is 5.10. The summed E-state index contributed by atoms with van der Waals surface area (Å²) in [5.74, 6) is 0.464. The maximum atomic E-state index is 12.4. The number of allylic oxidation sites excluding steroid dienone is 1. The minimum Gasteiger partial charge on any atom is -0.497 e. The molecule has 0 unspecified atom stereocenters. The Morgan fingerprint density at radius 3 is 2.52 bits per heavy atom. The molecule has 0 saturated carbocycles. The van der Waals surface area contributed by atoms with E-state index in [9.17, 15) is 4.79 Å². The Labute approximate surface area is 141 Å². The minimum absolute atomic E-state index is 0.222.